The Labute approximate surface area is 163 Å². The van der Waals surface area contributed by atoms with E-state index >= 15 is 0 Å². The maximum atomic E-state index is 12.0. The molecule has 0 aliphatic heterocycles. The molecule has 3 nitrogen and oxygen atoms in total. The third-order valence-electron chi connectivity index (χ3n) is 1.06. The largest absolute Gasteiger partial charge is 0.204 e. The molecule has 0 unspecified atom stereocenters. The van der Waals surface area contributed by atoms with Crippen LogP contribution in [0.25, 0.3) is 0 Å². The summed E-state index contributed by atoms with van der Waals surface area (Å²) in [5.74, 6) is -9.65. The van der Waals surface area contributed by atoms with Gasteiger partial charge in [0.15, 0.2) is 23.3 Å². The van der Waals surface area contributed by atoms with Crippen LogP contribution in [0, 0.1) is 64.6 Å². The summed E-state index contributed by atoms with van der Waals surface area (Å²) in [5.41, 5.74) is 0. The van der Waals surface area contributed by atoms with E-state index in [4.69, 9.17) is 15.8 Å². The molecule has 0 N–H and O–H groups in total. The van der Waals surface area contributed by atoms with Crippen LogP contribution in [0.15, 0.2) is 6.07 Å². The first kappa shape index (κ1) is 66.7. The van der Waals surface area contributed by atoms with E-state index in [-0.39, 0.29) is 76.6 Å². The Hall–Kier alpha value is -1.62. The summed E-state index contributed by atoms with van der Waals surface area (Å²) >= 11 is 0. The number of hydrogen-bond acceptors (Lipinski definition) is 3. The number of rotatable bonds is 0. The van der Waals surface area contributed by atoms with Gasteiger partial charge >= 0.3 is 0 Å². The van der Waals surface area contributed by atoms with Crippen LogP contribution in [0.2, 0.25) is 0 Å². The molecule has 15 heteroatoms. The van der Waals surface area contributed by atoms with Gasteiger partial charge < -0.3 is 0 Å². The fraction of sp³-hybridized carbons (Fsp3) is 0. The average molecular weight is 506 g/mol. The zero-order chi connectivity index (χ0) is 14.6. The normalized spacial score (nSPS) is 4.96. The van der Waals surface area contributed by atoms with E-state index in [1.807, 2.05) is 0 Å². The van der Waals surface area contributed by atoms with Crippen molar-refractivity contribution in [2.24, 2.45) is 0 Å². The van der Waals surface area contributed by atoms with Crippen molar-refractivity contribution in [3.63, 3.8) is 0 Å². The molecule has 0 aromatic heterocycles. The third kappa shape index (κ3) is 22.7. The predicted octanol–water partition coefficient (Wildman–Crippen LogP) is 0.514. The first-order valence-corrected chi connectivity index (χ1v) is 3.30. The van der Waals surface area contributed by atoms with Crippen LogP contribution in [-0.4, -0.2) is 50.5 Å². The number of nitrogens with zero attached hydrogens (tertiary/aromatic N) is 3. The third-order valence-corrected chi connectivity index (χ3v) is 1.06. The molecule has 0 spiro atoms. The van der Waals surface area contributed by atoms with Crippen molar-refractivity contribution in [3.8, 4) is 19.7 Å². The van der Waals surface area contributed by atoms with Gasteiger partial charge in [0.25, 0.3) is 0 Å². The Morgan fingerprint density at radius 3 is 0.833 bits per heavy atom. The molecule has 1 rings (SSSR count). The Kier molecular flexibility index (Phi) is 119. The molecular formula is C9H4B6F5IrN3. The second-order valence-electron chi connectivity index (χ2n) is 1.78. The molecule has 0 aliphatic rings. The van der Waals surface area contributed by atoms with Crippen molar-refractivity contribution in [3.05, 3.63) is 35.2 Å². The van der Waals surface area contributed by atoms with Gasteiger partial charge in [-0.25, -0.2) is 37.7 Å². The van der Waals surface area contributed by atoms with Crippen LogP contribution in [0.1, 0.15) is 0 Å². The molecule has 0 bridgehead atoms. The SMILES string of the molecule is C#N.C#N.C#N.Fc1cc(F)c(F)c(F)c1F.[B].[B].[B].[B].[B].[B].[Ir]. The fourth-order valence-corrected chi connectivity index (χ4v) is 0.544. The summed E-state index contributed by atoms with van der Waals surface area (Å²) in [4.78, 5) is 0. The zero-order valence-corrected chi connectivity index (χ0v) is 14.2. The molecule has 0 saturated carbocycles. The molecule has 0 fully saturated rings. The number of halogens is 5. The predicted molar refractivity (Wildman–Crippen MR) is 80.8 cm³/mol. The van der Waals surface area contributed by atoms with Crippen molar-refractivity contribution in [1.82, 2.24) is 0 Å². The molecular weight excluding hydrogens is 502 g/mol. The summed E-state index contributed by atoms with van der Waals surface area (Å²) in [6.07, 6.45) is 0. The number of benzene rings is 1. The van der Waals surface area contributed by atoms with Crippen molar-refractivity contribution < 1.29 is 42.1 Å². The fourth-order valence-electron chi connectivity index (χ4n) is 0.544. The topological polar surface area (TPSA) is 71.4 Å². The van der Waals surface area contributed by atoms with E-state index in [2.05, 4.69) is 19.7 Å². The molecule has 0 saturated heterocycles. The van der Waals surface area contributed by atoms with Gasteiger partial charge in [-0.05, 0) is 0 Å². The number of hydrogen-bond donors (Lipinski definition) is 0. The molecule has 0 heterocycles. The Balaban J connectivity index is -0.0000000172. The molecule has 117 valence electrons. The van der Waals surface area contributed by atoms with Crippen molar-refractivity contribution in [2.45, 2.75) is 0 Å². The molecule has 24 heavy (non-hydrogen) atoms. The summed E-state index contributed by atoms with van der Waals surface area (Å²) in [7, 11) is 0. The first-order valence-electron chi connectivity index (χ1n) is 3.30. The second kappa shape index (κ2) is 42.9. The van der Waals surface area contributed by atoms with Crippen LogP contribution < -0.4 is 0 Å². The van der Waals surface area contributed by atoms with E-state index in [9.17, 15) is 22.0 Å². The van der Waals surface area contributed by atoms with E-state index in [0.717, 1.165) is 0 Å². The van der Waals surface area contributed by atoms with Crippen molar-refractivity contribution in [2.75, 3.05) is 0 Å². The van der Waals surface area contributed by atoms with Crippen LogP contribution in [-0.2, 0) is 20.1 Å². The Morgan fingerprint density at radius 2 is 0.667 bits per heavy atom. The van der Waals surface area contributed by atoms with Gasteiger partial charge in [0.2, 0.25) is 5.82 Å². The summed E-state index contributed by atoms with van der Waals surface area (Å²) in [5, 5.41) is 19.5. The van der Waals surface area contributed by atoms with Gasteiger partial charge in [0.05, 0.1) is 0 Å². The van der Waals surface area contributed by atoms with Crippen LogP contribution in [0.4, 0.5) is 22.0 Å². The van der Waals surface area contributed by atoms with Crippen LogP contribution in [0.3, 0.4) is 0 Å². The van der Waals surface area contributed by atoms with E-state index in [1.54, 1.807) is 0 Å². The van der Waals surface area contributed by atoms with Gasteiger partial charge in [0, 0.05) is 96.4 Å². The smallest absolute Gasteiger partial charge is 0.200 e. The van der Waals surface area contributed by atoms with Crippen LogP contribution >= 0.6 is 0 Å². The van der Waals surface area contributed by atoms with Gasteiger partial charge in [0.1, 0.15) is 0 Å². The Bertz CT molecular complexity index is 396. The molecule has 19 radical (unpaired) electrons. The Morgan fingerprint density at radius 1 is 0.500 bits per heavy atom. The summed E-state index contributed by atoms with van der Waals surface area (Å²) in [6.45, 7) is 10.5. The van der Waals surface area contributed by atoms with E-state index < -0.39 is 29.1 Å². The van der Waals surface area contributed by atoms with E-state index in [1.165, 1.54) is 0 Å². The maximum absolute atomic E-state index is 12.0. The van der Waals surface area contributed by atoms with Gasteiger partial charge in [-0.1, -0.05) is 0 Å². The maximum Gasteiger partial charge on any atom is 0.200 e. The minimum absolute atomic E-state index is 0. The van der Waals surface area contributed by atoms with Crippen molar-refractivity contribution >= 4 is 50.5 Å². The molecule has 1 aromatic rings. The van der Waals surface area contributed by atoms with Gasteiger partial charge in [-0.2, -0.15) is 0 Å². The second-order valence-corrected chi connectivity index (χ2v) is 1.78. The molecule has 0 atom stereocenters. The first-order chi connectivity index (χ1) is 8.04. The van der Waals surface area contributed by atoms with Crippen molar-refractivity contribution in [1.29, 1.82) is 15.8 Å². The van der Waals surface area contributed by atoms with Gasteiger partial charge in [-0.3, -0.25) is 0 Å². The molecule has 1 aromatic carbocycles. The summed E-state index contributed by atoms with van der Waals surface area (Å²) < 4.78 is 60.0. The summed E-state index contributed by atoms with van der Waals surface area (Å²) in [6, 6.07) is -0.0618. The zero-order valence-electron chi connectivity index (χ0n) is 11.8. The quantitative estimate of drug-likeness (QED) is 0.223. The minimum atomic E-state index is -2.14. The molecule has 0 amide bonds. The monoisotopic (exact) mass is 508 g/mol. The van der Waals surface area contributed by atoms with Crippen LogP contribution in [0.5, 0.6) is 0 Å². The minimum Gasteiger partial charge on any atom is -0.204 e. The average Bonchev–Trinajstić information content (AvgIpc) is 2.41. The standard InChI is InChI=1S/C6HF5.3CHN.6B.Ir/c7-2-1-3(8)5(10)6(11)4(2)9;3*1-2;;;;;;;/h1H;3*1H;;;;;;;. The van der Waals surface area contributed by atoms with Gasteiger partial charge in [-0.15, -0.1) is 0 Å². The van der Waals surface area contributed by atoms with E-state index in [0.29, 0.717) is 0 Å². The molecule has 0 aliphatic carbocycles. The number of nitriles is 3.